The fourth-order valence-corrected chi connectivity index (χ4v) is 1.39. The molecule has 1 aromatic heterocycles. The van der Waals surface area contributed by atoms with Gasteiger partial charge in [0, 0.05) is 11.6 Å². The van der Waals surface area contributed by atoms with Crippen molar-refractivity contribution in [1.29, 1.82) is 0 Å². The van der Waals surface area contributed by atoms with Gasteiger partial charge in [-0.3, -0.25) is 4.98 Å². The van der Waals surface area contributed by atoms with Crippen molar-refractivity contribution in [2.24, 2.45) is 0 Å². The second-order valence-corrected chi connectivity index (χ2v) is 3.37. The van der Waals surface area contributed by atoms with Crippen LogP contribution in [0.25, 0.3) is 11.3 Å². The van der Waals surface area contributed by atoms with Crippen LogP contribution in [0.5, 0.6) is 0 Å². The van der Waals surface area contributed by atoms with Gasteiger partial charge in [0.2, 0.25) is 0 Å². The lowest BCUT2D eigenvalue weighted by Gasteiger charge is -2.02. The molecule has 0 saturated heterocycles. The predicted octanol–water partition coefficient (Wildman–Crippen LogP) is 3.08. The molecule has 2 aromatic rings. The lowest BCUT2D eigenvalue weighted by Crippen LogP contribution is -1.90. The SMILES string of the molecule is Fc1ccc(-c2cncc(=S)[nH]2)c(F)c1. The highest BCUT2D eigenvalue weighted by Gasteiger charge is 2.06. The van der Waals surface area contributed by atoms with Crippen LogP contribution in [0.2, 0.25) is 0 Å². The van der Waals surface area contributed by atoms with Crippen molar-refractivity contribution in [2.45, 2.75) is 0 Å². The smallest absolute Gasteiger partial charge is 0.135 e. The summed E-state index contributed by atoms with van der Waals surface area (Å²) in [5, 5.41) is 0. The van der Waals surface area contributed by atoms with Crippen LogP contribution in [-0.4, -0.2) is 9.97 Å². The van der Waals surface area contributed by atoms with Crippen LogP contribution in [0, 0.1) is 16.3 Å². The van der Waals surface area contributed by atoms with E-state index in [9.17, 15) is 8.78 Å². The Balaban J connectivity index is 2.59. The van der Waals surface area contributed by atoms with E-state index in [1.807, 2.05) is 0 Å². The van der Waals surface area contributed by atoms with Crippen LogP contribution in [-0.2, 0) is 0 Å². The van der Waals surface area contributed by atoms with Crippen LogP contribution in [0.1, 0.15) is 0 Å². The van der Waals surface area contributed by atoms with E-state index in [4.69, 9.17) is 12.2 Å². The third kappa shape index (κ3) is 2.07. The van der Waals surface area contributed by atoms with Gasteiger partial charge in [-0.25, -0.2) is 8.78 Å². The molecule has 1 heterocycles. The molecule has 0 radical (unpaired) electrons. The minimum atomic E-state index is -0.645. The third-order valence-electron chi connectivity index (χ3n) is 1.87. The van der Waals surface area contributed by atoms with Gasteiger partial charge in [0.1, 0.15) is 16.3 Å². The largest absolute Gasteiger partial charge is 0.343 e. The maximum Gasteiger partial charge on any atom is 0.135 e. The lowest BCUT2D eigenvalue weighted by atomic mass is 10.1. The molecule has 0 atom stereocenters. The zero-order valence-corrected chi connectivity index (χ0v) is 8.31. The van der Waals surface area contributed by atoms with Crippen LogP contribution in [0.15, 0.2) is 30.6 Å². The van der Waals surface area contributed by atoms with Gasteiger partial charge in [0.05, 0.1) is 18.1 Å². The summed E-state index contributed by atoms with van der Waals surface area (Å²) in [6.45, 7) is 0. The summed E-state index contributed by atoms with van der Waals surface area (Å²) in [5.74, 6) is -1.26. The molecule has 0 spiro atoms. The van der Waals surface area contributed by atoms with E-state index in [0.29, 0.717) is 10.3 Å². The summed E-state index contributed by atoms with van der Waals surface area (Å²) in [7, 11) is 0. The van der Waals surface area contributed by atoms with Gasteiger partial charge in [-0.15, -0.1) is 0 Å². The molecule has 0 saturated carbocycles. The Labute approximate surface area is 89.6 Å². The molecule has 0 unspecified atom stereocenters. The third-order valence-corrected chi connectivity index (χ3v) is 2.08. The number of aromatic nitrogens is 2. The number of aromatic amines is 1. The summed E-state index contributed by atoms with van der Waals surface area (Å²) in [6, 6.07) is 3.34. The van der Waals surface area contributed by atoms with Crippen molar-refractivity contribution in [3.63, 3.8) is 0 Å². The number of H-pyrrole nitrogens is 1. The number of nitrogens with zero attached hydrogens (tertiary/aromatic N) is 1. The number of halogens is 2. The monoisotopic (exact) mass is 224 g/mol. The molecule has 2 rings (SSSR count). The topological polar surface area (TPSA) is 28.7 Å². The van der Waals surface area contributed by atoms with Gasteiger partial charge in [-0.1, -0.05) is 12.2 Å². The summed E-state index contributed by atoms with van der Waals surface area (Å²) in [4.78, 5) is 6.60. The molecular formula is C10H6F2N2S. The van der Waals surface area contributed by atoms with Gasteiger partial charge in [0.25, 0.3) is 0 Å². The molecule has 0 aliphatic carbocycles. The molecule has 0 aliphatic rings. The predicted molar refractivity (Wildman–Crippen MR) is 54.8 cm³/mol. The Kier molecular flexibility index (Phi) is 2.55. The zero-order valence-electron chi connectivity index (χ0n) is 7.50. The van der Waals surface area contributed by atoms with Crippen molar-refractivity contribution in [3.8, 4) is 11.3 Å². The maximum absolute atomic E-state index is 13.3. The molecule has 1 N–H and O–H groups in total. The highest BCUT2D eigenvalue weighted by molar-refractivity contribution is 7.71. The Morgan fingerprint density at radius 1 is 1.20 bits per heavy atom. The van der Waals surface area contributed by atoms with Crippen molar-refractivity contribution in [2.75, 3.05) is 0 Å². The minimum Gasteiger partial charge on any atom is -0.343 e. The van der Waals surface area contributed by atoms with Crippen LogP contribution in [0.3, 0.4) is 0 Å². The fraction of sp³-hybridized carbons (Fsp3) is 0. The number of nitrogens with one attached hydrogen (secondary N) is 1. The van der Waals surface area contributed by atoms with E-state index in [1.165, 1.54) is 24.5 Å². The van der Waals surface area contributed by atoms with Crippen molar-refractivity contribution in [3.05, 3.63) is 46.9 Å². The highest BCUT2D eigenvalue weighted by Crippen LogP contribution is 2.20. The zero-order chi connectivity index (χ0) is 10.8. The molecule has 2 nitrogen and oxygen atoms in total. The first-order valence-corrected chi connectivity index (χ1v) is 4.57. The Morgan fingerprint density at radius 2 is 2.00 bits per heavy atom. The van der Waals surface area contributed by atoms with Crippen molar-refractivity contribution in [1.82, 2.24) is 9.97 Å². The highest BCUT2D eigenvalue weighted by atomic mass is 32.1. The summed E-state index contributed by atoms with van der Waals surface area (Å²) in [5.41, 5.74) is 0.676. The van der Waals surface area contributed by atoms with Gasteiger partial charge < -0.3 is 4.98 Å². The second kappa shape index (κ2) is 3.86. The average molecular weight is 224 g/mol. The van der Waals surface area contributed by atoms with E-state index in [0.717, 1.165) is 6.07 Å². The van der Waals surface area contributed by atoms with E-state index >= 15 is 0 Å². The Morgan fingerprint density at radius 3 is 2.67 bits per heavy atom. The van der Waals surface area contributed by atoms with Gasteiger partial charge in [-0.05, 0) is 12.1 Å². The Bertz CT molecular complexity index is 551. The number of hydrogen-bond acceptors (Lipinski definition) is 2. The van der Waals surface area contributed by atoms with Crippen molar-refractivity contribution < 1.29 is 8.78 Å². The second-order valence-electron chi connectivity index (χ2n) is 2.93. The van der Waals surface area contributed by atoms with Gasteiger partial charge >= 0.3 is 0 Å². The van der Waals surface area contributed by atoms with E-state index < -0.39 is 11.6 Å². The van der Waals surface area contributed by atoms with Crippen molar-refractivity contribution >= 4 is 12.2 Å². The molecule has 15 heavy (non-hydrogen) atoms. The standard InChI is InChI=1S/C10H6F2N2S/c11-6-1-2-7(8(12)3-6)9-4-13-5-10(15)14-9/h1-5H,(H,14,15). The first-order valence-electron chi connectivity index (χ1n) is 4.16. The molecular weight excluding hydrogens is 218 g/mol. The normalized spacial score (nSPS) is 10.3. The summed E-state index contributed by atoms with van der Waals surface area (Å²) in [6.07, 6.45) is 2.88. The van der Waals surface area contributed by atoms with Gasteiger partial charge in [0.15, 0.2) is 0 Å². The maximum atomic E-state index is 13.3. The van der Waals surface area contributed by atoms with E-state index in [2.05, 4.69) is 9.97 Å². The fourth-order valence-electron chi connectivity index (χ4n) is 1.22. The van der Waals surface area contributed by atoms with Crippen LogP contribution < -0.4 is 0 Å². The molecule has 0 bridgehead atoms. The van der Waals surface area contributed by atoms with E-state index in [1.54, 1.807) is 0 Å². The number of rotatable bonds is 1. The van der Waals surface area contributed by atoms with Gasteiger partial charge in [-0.2, -0.15) is 0 Å². The molecule has 5 heteroatoms. The molecule has 0 amide bonds. The molecule has 1 aromatic carbocycles. The molecule has 0 aliphatic heterocycles. The molecule has 0 fully saturated rings. The van der Waals surface area contributed by atoms with Crippen LogP contribution in [0.4, 0.5) is 8.78 Å². The average Bonchev–Trinajstić information content (AvgIpc) is 2.17. The minimum absolute atomic E-state index is 0.246. The van der Waals surface area contributed by atoms with Crippen LogP contribution >= 0.6 is 12.2 Å². The first-order chi connectivity index (χ1) is 7.16. The van der Waals surface area contributed by atoms with E-state index in [-0.39, 0.29) is 5.56 Å². The number of hydrogen-bond donors (Lipinski definition) is 1. The summed E-state index contributed by atoms with van der Waals surface area (Å²) >= 11 is 4.85. The number of benzene rings is 1. The Hall–Kier alpha value is -1.62. The molecule has 76 valence electrons. The summed E-state index contributed by atoms with van der Waals surface area (Å²) < 4.78 is 26.4. The first kappa shape index (κ1) is 9.92. The lowest BCUT2D eigenvalue weighted by molar-refractivity contribution is 0.585. The quantitative estimate of drug-likeness (QED) is 0.754.